The van der Waals surface area contributed by atoms with Crippen molar-refractivity contribution in [2.24, 2.45) is 0 Å². The number of nitrogens with zero attached hydrogens (tertiary/aromatic N) is 2. The smallest absolute Gasteiger partial charge is 0.148 e. The predicted molar refractivity (Wildman–Crippen MR) is 96.9 cm³/mol. The Balaban J connectivity index is 2.06. The predicted octanol–water partition coefficient (Wildman–Crippen LogP) is 3.59. The number of benzene rings is 2. The molecule has 0 fully saturated rings. The highest BCUT2D eigenvalue weighted by molar-refractivity contribution is 8.27. The Labute approximate surface area is 142 Å². The van der Waals surface area contributed by atoms with E-state index in [0.29, 0.717) is 17.9 Å². The van der Waals surface area contributed by atoms with Crippen LogP contribution in [-0.2, 0) is 0 Å². The molecule has 1 aliphatic heterocycles. The molecule has 3 rings (SSSR count). The van der Waals surface area contributed by atoms with E-state index < -0.39 is 16.8 Å². The molecule has 126 valence electrons. The second-order valence-electron chi connectivity index (χ2n) is 5.14. The van der Waals surface area contributed by atoms with Gasteiger partial charge < -0.3 is 5.32 Å². The minimum atomic E-state index is -3.45. The van der Waals surface area contributed by atoms with E-state index in [9.17, 15) is 13.5 Å². The van der Waals surface area contributed by atoms with Crippen molar-refractivity contribution in [1.82, 2.24) is 5.32 Å². The van der Waals surface area contributed by atoms with E-state index in [1.165, 1.54) is 20.7 Å². The summed E-state index contributed by atoms with van der Waals surface area (Å²) in [6.07, 6.45) is 0. The maximum Gasteiger partial charge on any atom is 0.148 e. The van der Waals surface area contributed by atoms with Gasteiger partial charge in [-0.3, -0.25) is 9.11 Å². The van der Waals surface area contributed by atoms with Gasteiger partial charge in [0, 0.05) is 0 Å². The molecule has 0 spiro atoms. The molecule has 1 heterocycles. The van der Waals surface area contributed by atoms with Crippen molar-refractivity contribution in [3.05, 3.63) is 54.3 Å². The third-order valence-electron chi connectivity index (χ3n) is 3.59. The fraction of sp³-hybridized carbons (Fsp3) is 0.176. The molecular weight excluding hydrogens is 329 g/mol. The number of nitrogens with one attached hydrogen (secondary N) is 1. The number of halogens is 1. The van der Waals surface area contributed by atoms with Gasteiger partial charge in [-0.2, -0.15) is 0 Å². The molecule has 0 radical (unpaired) electrons. The number of hydrogen-bond donors (Lipinski definition) is 3. The summed E-state index contributed by atoms with van der Waals surface area (Å²) in [5.74, 6) is 5.28. The molecule has 5 nitrogen and oxygen atoms in total. The zero-order valence-corrected chi connectivity index (χ0v) is 13.9. The molecule has 24 heavy (non-hydrogen) atoms. The van der Waals surface area contributed by atoms with Gasteiger partial charge in [-0.25, -0.2) is 13.0 Å². The first-order valence-electron chi connectivity index (χ1n) is 7.37. The standard InChI is InChI=1S/C17H18FN3O2S/c1-19-12-6-7-13-20-16-10-4-5-11-17(16)21(24(20,22)23)15-9-3-2-8-14(15)18/h2-5,8-11,19,22-23H,12-13H2,1H3. The Bertz CT molecular complexity index is 804. The van der Waals surface area contributed by atoms with Crippen molar-refractivity contribution in [3.63, 3.8) is 0 Å². The van der Waals surface area contributed by atoms with Gasteiger partial charge in [0.15, 0.2) is 0 Å². The summed E-state index contributed by atoms with van der Waals surface area (Å²) in [7, 11) is -1.66. The topological polar surface area (TPSA) is 59.0 Å². The summed E-state index contributed by atoms with van der Waals surface area (Å²) in [6.45, 7) is 0.637. The fourth-order valence-corrected chi connectivity index (χ4v) is 4.22. The van der Waals surface area contributed by atoms with Gasteiger partial charge in [0.05, 0.1) is 17.9 Å². The summed E-state index contributed by atoms with van der Waals surface area (Å²) in [5, 5.41) is 2.90. The summed E-state index contributed by atoms with van der Waals surface area (Å²) in [5.41, 5.74) is 1.27. The van der Waals surface area contributed by atoms with E-state index in [2.05, 4.69) is 17.2 Å². The summed E-state index contributed by atoms with van der Waals surface area (Å²) < 4.78 is 38.5. The first-order valence-corrected chi connectivity index (χ1v) is 8.83. The zero-order chi connectivity index (χ0) is 17.2. The van der Waals surface area contributed by atoms with E-state index in [4.69, 9.17) is 0 Å². The average Bonchev–Trinajstić information content (AvgIpc) is 2.79. The molecule has 1 aliphatic rings. The molecule has 3 N–H and O–H groups in total. The molecule has 0 aliphatic carbocycles. The highest BCUT2D eigenvalue weighted by Crippen LogP contribution is 2.64. The quantitative estimate of drug-likeness (QED) is 0.741. The maximum atomic E-state index is 14.3. The molecule has 0 aromatic heterocycles. The van der Waals surface area contributed by atoms with Gasteiger partial charge in [0.1, 0.15) is 18.0 Å². The van der Waals surface area contributed by atoms with E-state index in [1.807, 2.05) is 0 Å². The summed E-state index contributed by atoms with van der Waals surface area (Å²) in [6, 6.07) is 13.1. The normalized spacial score (nSPS) is 16.3. The molecular formula is C17H18FN3O2S. The average molecular weight is 347 g/mol. The highest BCUT2D eigenvalue weighted by Gasteiger charge is 2.42. The van der Waals surface area contributed by atoms with Crippen LogP contribution in [-0.4, -0.2) is 29.2 Å². The molecule has 0 atom stereocenters. The summed E-state index contributed by atoms with van der Waals surface area (Å²) in [4.78, 5) is 0. The van der Waals surface area contributed by atoms with Crippen LogP contribution in [0.5, 0.6) is 0 Å². The molecule has 0 unspecified atom stereocenters. The van der Waals surface area contributed by atoms with Gasteiger partial charge in [-0.15, -0.1) is 0 Å². The van der Waals surface area contributed by atoms with E-state index >= 15 is 0 Å². The van der Waals surface area contributed by atoms with Crippen LogP contribution in [0.1, 0.15) is 0 Å². The van der Waals surface area contributed by atoms with Crippen molar-refractivity contribution in [1.29, 1.82) is 0 Å². The first-order chi connectivity index (χ1) is 11.6. The largest absolute Gasteiger partial charge is 0.309 e. The van der Waals surface area contributed by atoms with E-state index in [1.54, 1.807) is 43.4 Å². The second-order valence-corrected chi connectivity index (χ2v) is 6.93. The Hall–Kier alpha value is -2.24. The Morgan fingerprint density at radius 1 is 1.00 bits per heavy atom. The maximum absolute atomic E-state index is 14.3. The van der Waals surface area contributed by atoms with Crippen LogP contribution in [0.25, 0.3) is 0 Å². The lowest BCUT2D eigenvalue weighted by Crippen LogP contribution is -2.31. The van der Waals surface area contributed by atoms with Gasteiger partial charge in [0.25, 0.3) is 0 Å². The lowest BCUT2D eigenvalue weighted by molar-refractivity contribution is 0.485. The Kier molecular flexibility index (Phi) is 4.64. The van der Waals surface area contributed by atoms with Gasteiger partial charge >= 0.3 is 0 Å². The van der Waals surface area contributed by atoms with Crippen LogP contribution < -0.4 is 13.9 Å². The molecule has 0 saturated carbocycles. The van der Waals surface area contributed by atoms with Crippen molar-refractivity contribution >= 4 is 28.0 Å². The number of para-hydroxylation sites is 3. The lowest BCUT2D eigenvalue weighted by Gasteiger charge is -2.43. The number of rotatable bonds is 3. The van der Waals surface area contributed by atoms with Crippen molar-refractivity contribution in [3.8, 4) is 11.8 Å². The zero-order valence-electron chi connectivity index (χ0n) is 13.1. The Morgan fingerprint density at radius 3 is 2.29 bits per heavy atom. The minimum Gasteiger partial charge on any atom is -0.309 e. The SMILES string of the molecule is CNCC#CCN1c2ccccc2N(c2ccccc2F)S1(O)O. The third-order valence-corrected chi connectivity index (χ3v) is 5.39. The molecule has 2 aromatic rings. The second kappa shape index (κ2) is 6.71. The first kappa shape index (κ1) is 16.6. The van der Waals surface area contributed by atoms with E-state index in [-0.39, 0.29) is 12.2 Å². The van der Waals surface area contributed by atoms with Crippen molar-refractivity contribution in [2.75, 3.05) is 28.7 Å². The molecule has 0 saturated heterocycles. The van der Waals surface area contributed by atoms with Crippen molar-refractivity contribution < 1.29 is 13.5 Å². The van der Waals surface area contributed by atoms with Gasteiger partial charge in [-0.05, 0) is 42.3 Å². The van der Waals surface area contributed by atoms with Crippen LogP contribution >= 0.6 is 11.0 Å². The van der Waals surface area contributed by atoms with Crippen LogP contribution in [0, 0.1) is 17.7 Å². The van der Waals surface area contributed by atoms with Crippen LogP contribution in [0.2, 0.25) is 0 Å². The van der Waals surface area contributed by atoms with E-state index in [0.717, 1.165) is 0 Å². The van der Waals surface area contributed by atoms with Gasteiger partial charge in [0.2, 0.25) is 0 Å². The fourth-order valence-electron chi connectivity index (χ4n) is 2.54. The molecule has 7 heteroatoms. The van der Waals surface area contributed by atoms with Crippen LogP contribution in [0.4, 0.5) is 21.5 Å². The number of hydrogen-bond acceptors (Lipinski definition) is 5. The lowest BCUT2D eigenvalue weighted by atomic mass is 10.2. The Morgan fingerprint density at radius 2 is 1.62 bits per heavy atom. The van der Waals surface area contributed by atoms with Crippen molar-refractivity contribution in [2.45, 2.75) is 0 Å². The van der Waals surface area contributed by atoms with Crippen LogP contribution in [0.3, 0.4) is 0 Å². The number of anilines is 3. The minimum absolute atomic E-state index is 0.121. The molecule has 0 amide bonds. The third kappa shape index (κ3) is 2.81. The number of fused-ring (bicyclic) bond motifs is 1. The monoisotopic (exact) mass is 347 g/mol. The highest BCUT2D eigenvalue weighted by atomic mass is 32.3. The van der Waals surface area contributed by atoms with Crippen LogP contribution in [0.15, 0.2) is 48.5 Å². The molecule has 0 bridgehead atoms. The summed E-state index contributed by atoms with van der Waals surface area (Å²) >= 11 is 0. The molecule has 2 aromatic carbocycles. The van der Waals surface area contributed by atoms with Gasteiger partial charge in [-0.1, -0.05) is 36.1 Å².